The largest absolute Gasteiger partial charge is 0.494 e. The number of ketones is 1. The van der Waals surface area contributed by atoms with Crippen molar-refractivity contribution in [3.63, 3.8) is 0 Å². The van der Waals surface area contributed by atoms with Crippen LogP contribution in [0.4, 0.5) is 0 Å². The monoisotopic (exact) mass is 254 g/mol. The number of benzene rings is 1. The van der Waals surface area contributed by atoms with Crippen molar-refractivity contribution < 1.29 is 9.53 Å². The molecule has 3 heteroatoms. The number of hydrogen-bond acceptors (Lipinski definition) is 2. The molecule has 17 heavy (non-hydrogen) atoms. The van der Waals surface area contributed by atoms with E-state index in [4.69, 9.17) is 16.3 Å². The fraction of sp³-hybridized carbons (Fsp3) is 0.500. The fourth-order valence-electron chi connectivity index (χ4n) is 1.38. The lowest BCUT2D eigenvalue weighted by Gasteiger charge is -2.16. The molecule has 0 spiro atoms. The van der Waals surface area contributed by atoms with E-state index in [0.717, 1.165) is 17.7 Å². The lowest BCUT2D eigenvalue weighted by Crippen LogP contribution is -2.19. The van der Waals surface area contributed by atoms with Crippen LogP contribution in [0.5, 0.6) is 5.75 Å². The molecule has 1 aromatic rings. The summed E-state index contributed by atoms with van der Waals surface area (Å²) in [6.07, 6.45) is 0.824. The molecule has 1 aromatic carbocycles. The molecule has 0 aliphatic heterocycles. The van der Waals surface area contributed by atoms with E-state index in [1.807, 2.05) is 45.0 Å². The van der Waals surface area contributed by atoms with Crippen LogP contribution in [0.1, 0.15) is 37.6 Å². The van der Waals surface area contributed by atoms with Crippen LogP contribution in [0.25, 0.3) is 0 Å². The zero-order valence-corrected chi connectivity index (χ0v) is 11.4. The zero-order chi connectivity index (χ0) is 12.9. The van der Waals surface area contributed by atoms with Gasteiger partial charge in [0.25, 0.3) is 0 Å². The average Bonchev–Trinajstić information content (AvgIpc) is 2.28. The third-order valence-corrected chi connectivity index (χ3v) is 2.61. The maximum absolute atomic E-state index is 12.0. The number of halogens is 1. The molecular formula is C14H19ClO2. The molecule has 0 unspecified atom stereocenters. The van der Waals surface area contributed by atoms with Gasteiger partial charge < -0.3 is 4.74 Å². The van der Waals surface area contributed by atoms with Gasteiger partial charge in [0.05, 0.1) is 6.61 Å². The van der Waals surface area contributed by atoms with E-state index in [1.165, 1.54) is 0 Å². The van der Waals surface area contributed by atoms with Gasteiger partial charge >= 0.3 is 0 Å². The topological polar surface area (TPSA) is 26.3 Å². The van der Waals surface area contributed by atoms with Gasteiger partial charge in [-0.3, -0.25) is 4.79 Å². The maximum atomic E-state index is 12.0. The summed E-state index contributed by atoms with van der Waals surface area (Å²) in [6.45, 7) is 6.36. The normalized spacial score (nSPS) is 11.3. The molecule has 0 saturated carbocycles. The van der Waals surface area contributed by atoms with Gasteiger partial charge in [-0.15, -0.1) is 11.6 Å². The summed E-state index contributed by atoms with van der Waals surface area (Å²) in [5, 5.41) is 0. The lowest BCUT2D eigenvalue weighted by atomic mass is 9.86. The predicted molar refractivity (Wildman–Crippen MR) is 71.1 cm³/mol. The Kier molecular flexibility index (Phi) is 5.01. The van der Waals surface area contributed by atoms with Crippen LogP contribution in [-0.4, -0.2) is 18.3 Å². The number of carbonyl (C=O) groups excluding carboxylic acids is 1. The van der Waals surface area contributed by atoms with Crippen molar-refractivity contribution in [2.45, 2.75) is 27.2 Å². The molecular weight excluding hydrogens is 236 g/mol. The maximum Gasteiger partial charge on any atom is 0.168 e. The Labute approximate surface area is 108 Å². The highest BCUT2D eigenvalue weighted by molar-refractivity contribution is 6.17. The summed E-state index contributed by atoms with van der Waals surface area (Å²) in [5.41, 5.74) is 0.378. The number of carbonyl (C=O) groups is 1. The average molecular weight is 255 g/mol. The summed E-state index contributed by atoms with van der Waals surface area (Å²) < 4.78 is 5.47. The molecule has 0 aromatic heterocycles. The smallest absolute Gasteiger partial charge is 0.168 e. The molecule has 0 atom stereocenters. The van der Waals surface area contributed by atoms with Gasteiger partial charge in [-0.1, -0.05) is 20.8 Å². The quantitative estimate of drug-likeness (QED) is 0.452. The Morgan fingerprint density at radius 2 is 1.82 bits per heavy atom. The number of rotatable bonds is 5. The van der Waals surface area contributed by atoms with E-state index < -0.39 is 0 Å². The molecule has 0 amide bonds. The van der Waals surface area contributed by atoms with Crippen LogP contribution in [-0.2, 0) is 0 Å². The summed E-state index contributed by atoms with van der Waals surface area (Å²) in [5.74, 6) is 1.52. The van der Waals surface area contributed by atoms with Crippen molar-refractivity contribution >= 4 is 17.4 Å². The van der Waals surface area contributed by atoms with Gasteiger partial charge in [0, 0.05) is 16.9 Å². The highest BCUT2D eigenvalue weighted by atomic mass is 35.5. The second-order valence-corrected chi connectivity index (χ2v) is 5.37. The van der Waals surface area contributed by atoms with Gasteiger partial charge in [-0.25, -0.2) is 0 Å². The number of ether oxygens (including phenoxy) is 1. The molecule has 0 bridgehead atoms. The highest BCUT2D eigenvalue weighted by Gasteiger charge is 2.22. The van der Waals surface area contributed by atoms with Crippen molar-refractivity contribution in [2.24, 2.45) is 5.41 Å². The fourth-order valence-corrected chi connectivity index (χ4v) is 1.49. The lowest BCUT2D eigenvalue weighted by molar-refractivity contribution is 0.0858. The third kappa shape index (κ3) is 4.39. The molecule has 0 aliphatic rings. The van der Waals surface area contributed by atoms with Crippen LogP contribution < -0.4 is 4.74 Å². The summed E-state index contributed by atoms with van der Waals surface area (Å²) >= 11 is 5.56. The molecule has 94 valence electrons. The van der Waals surface area contributed by atoms with Gasteiger partial charge in [0.2, 0.25) is 0 Å². The van der Waals surface area contributed by atoms with Crippen LogP contribution in [0, 0.1) is 5.41 Å². The van der Waals surface area contributed by atoms with Crippen LogP contribution >= 0.6 is 11.6 Å². The first-order valence-corrected chi connectivity index (χ1v) is 6.32. The molecule has 0 fully saturated rings. The predicted octanol–water partition coefficient (Wildman–Crippen LogP) is 3.92. The molecule has 2 nitrogen and oxygen atoms in total. The molecule has 0 radical (unpaired) electrons. The van der Waals surface area contributed by atoms with Crippen molar-refractivity contribution in [1.29, 1.82) is 0 Å². The van der Waals surface area contributed by atoms with Gasteiger partial charge in [0.15, 0.2) is 5.78 Å². The van der Waals surface area contributed by atoms with Crippen molar-refractivity contribution in [2.75, 3.05) is 12.5 Å². The van der Waals surface area contributed by atoms with E-state index in [9.17, 15) is 4.79 Å². The van der Waals surface area contributed by atoms with Crippen molar-refractivity contribution in [1.82, 2.24) is 0 Å². The second-order valence-electron chi connectivity index (χ2n) is 4.99. The Morgan fingerprint density at radius 1 is 1.24 bits per heavy atom. The Balaban J connectivity index is 2.65. The molecule has 0 aliphatic carbocycles. The Morgan fingerprint density at radius 3 is 2.29 bits per heavy atom. The van der Waals surface area contributed by atoms with Gasteiger partial charge in [-0.05, 0) is 30.7 Å². The Hall–Kier alpha value is -1.02. The Bertz CT molecular complexity index is 363. The standard InChI is InChI=1S/C14H19ClO2/c1-14(2,3)13(16)11-5-7-12(8-6-11)17-10-4-9-15/h5-8H,4,9-10H2,1-3H3. The highest BCUT2D eigenvalue weighted by Crippen LogP contribution is 2.22. The first kappa shape index (κ1) is 14.0. The molecule has 0 saturated heterocycles. The summed E-state index contributed by atoms with van der Waals surface area (Å²) in [7, 11) is 0. The SMILES string of the molecule is CC(C)(C)C(=O)c1ccc(OCCCCl)cc1. The third-order valence-electron chi connectivity index (χ3n) is 2.34. The number of Topliss-reactive ketones (excluding diaryl/α,β-unsaturated/α-hetero) is 1. The first-order valence-electron chi connectivity index (χ1n) is 5.79. The minimum absolute atomic E-state index is 0.143. The minimum Gasteiger partial charge on any atom is -0.494 e. The van der Waals surface area contributed by atoms with Crippen LogP contribution in [0.2, 0.25) is 0 Å². The number of alkyl halides is 1. The van der Waals surface area contributed by atoms with E-state index in [0.29, 0.717) is 12.5 Å². The van der Waals surface area contributed by atoms with Crippen molar-refractivity contribution in [3.8, 4) is 5.75 Å². The summed E-state index contributed by atoms with van der Waals surface area (Å²) in [6, 6.07) is 7.27. The second kappa shape index (κ2) is 6.06. The first-order chi connectivity index (χ1) is 7.95. The van der Waals surface area contributed by atoms with E-state index in [2.05, 4.69) is 0 Å². The molecule has 0 heterocycles. The van der Waals surface area contributed by atoms with E-state index >= 15 is 0 Å². The van der Waals surface area contributed by atoms with Crippen LogP contribution in [0.15, 0.2) is 24.3 Å². The summed E-state index contributed by atoms with van der Waals surface area (Å²) in [4.78, 5) is 12.0. The van der Waals surface area contributed by atoms with E-state index in [-0.39, 0.29) is 11.2 Å². The van der Waals surface area contributed by atoms with Gasteiger partial charge in [-0.2, -0.15) is 0 Å². The van der Waals surface area contributed by atoms with Crippen LogP contribution in [0.3, 0.4) is 0 Å². The van der Waals surface area contributed by atoms with Crippen molar-refractivity contribution in [3.05, 3.63) is 29.8 Å². The molecule has 0 N–H and O–H groups in total. The number of hydrogen-bond donors (Lipinski definition) is 0. The van der Waals surface area contributed by atoms with E-state index in [1.54, 1.807) is 0 Å². The van der Waals surface area contributed by atoms with Gasteiger partial charge in [0.1, 0.15) is 5.75 Å². The zero-order valence-electron chi connectivity index (χ0n) is 10.6. The molecule has 1 rings (SSSR count). The minimum atomic E-state index is -0.346.